The summed E-state index contributed by atoms with van der Waals surface area (Å²) < 4.78 is 12.3. The van der Waals surface area contributed by atoms with Crippen molar-refractivity contribution in [1.82, 2.24) is 0 Å². The number of hydrogen-bond donors (Lipinski definition) is 2. The molecule has 226 valence electrons. The summed E-state index contributed by atoms with van der Waals surface area (Å²) in [5.41, 5.74) is 8.49. The molecule has 4 aromatic rings. The van der Waals surface area contributed by atoms with Gasteiger partial charge in [0.2, 0.25) is 0 Å². The molecule has 5 rings (SSSR count). The van der Waals surface area contributed by atoms with Gasteiger partial charge in [-0.2, -0.15) is 0 Å². The summed E-state index contributed by atoms with van der Waals surface area (Å²) in [6.45, 7) is 17.2. The van der Waals surface area contributed by atoms with Crippen LogP contribution in [0.15, 0.2) is 84.9 Å². The Labute approximate surface area is 257 Å². The standard InChI is InChI=1S/C39H46O4/c1-25(40)23-42-35-19-17-27(21-33(35)37(3,4)5)39(31-15-11-9-13-29(31)30-14-10-12-16-32(30)39)28-18-20-36(43-24-26(2)41)34(22-28)38(6,7)8/h9-22,25-26,40-41H,23-24H2,1-8H3. The fraction of sp³-hybridized carbons (Fsp3) is 0.385. The molecule has 1 aliphatic carbocycles. The third-order valence-corrected chi connectivity index (χ3v) is 8.35. The molecule has 2 unspecified atom stereocenters. The normalized spacial score (nSPS) is 15.4. The van der Waals surface area contributed by atoms with Gasteiger partial charge in [-0.1, -0.05) is 102 Å². The molecule has 4 heteroatoms. The number of aliphatic hydroxyl groups excluding tert-OH is 2. The van der Waals surface area contributed by atoms with E-state index < -0.39 is 17.6 Å². The molecule has 0 fully saturated rings. The lowest BCUT2D eigenvalue weighted by atomic mass is 9.66. The predicted molar refractivity (Wildman–Crippen MR) is 175 cm³/mol. The average Bonchev–Trinajstić information content (AvgIpc) is 3.25. The summed E-state index contributed by atoms with van der Waals surface area (Å²) in [5.74, 6) is 1.59. The second-order valence-corrected chi connectivity index (χ2v) is 14.1. The third-order valence-electron chi connectivity index (χ3n) is 8.35. The van der Waals surface area contributed by atoms with E-state index in [0.717, 1.165) is 33.8 Å². The van der Waals surface area contributed by atoms with Crippen molar-refractivity contribution < 1.29 is 19.7 Å². The first-order valence-electron chi connectivity index (χ1n) is 15.4. The maximum atomic E-state index is 9.98. The highest BCUT2D eigenvalue weighted by Gasteiger charge is 2.47. The van der Waals surface area contributed by atoms with Crippen LogP contribution in [0.5, 0.6) is 11.5 Å². The molecule has 43 heavy (non-hydrogen) atoms. The zero-order valence-electron chi connectivity index (χ0n) is 26.9. The average molecular weight is 579 g/mol. The van der Waals surface area contributed by atoms with Gasteiger partial charge in [0.1, 0.15) is 24.7 Å². The van der Waals surface area contributed by atoms with Gasteiger partial charge < -0.3 is 19.7 Å². The van der Waals surface area contributed by atoms with E-state index in [1.807, 2.05) is 0 Å². The molecule has 0 amide bonds. The molecular formula is C39H46O4. The molecule has 0 radical (unpaired) electrons. The molecular weight excluding hydrogens is 532 g/mol. The smallest absolute Gasteiger partial charge is 0.123 e. The maximum absolute atomic E-state index is 9.98. The van der Waals surface area contributed by atoms with Crippen LogP contribution in [0.2, 0.25) is 0 Å². The van der Waals surface area contributed by atoms with Gasteiger partial charge in [0.05, 0.1) is 17.6 Å². The zero-order valence-corrected chi connectivity index (χ0v) is 26.9. The van der Waals surface area contributed by atoms with Crippen molar-refractivity contribution in [3.8, 4) is 22.6 Å². The van der Waals surface area contributed by atoms with Gasteiger partial charge >= 0.3 is 0 Å². The minimum atomic E-state index is -0.585. The largest absolute Gasteiger partial charge is 0.491 e. The highest BCUT2D eigenvalue weighted by atomic mass is 16.5. The zero-order chi connectivity index (χ0) is 31.2. The van der Waals surface area contributed by atoms with Crippen molar-refractivity contribution in [2.75, 3.05) is 13.2 Å². The number of ether oxygens (including phenoxy) is 2. The van der Waals surface area contributed by atoms with E-state index in [4.69, 9.17) is 9.47 Å². The Hall–Kier alpha value is -3.60. The summed E-state index contributed by atoms with van der Waals surface area (Å²) in [4.78, 5) is 0. The maximum Gasteiger partial charge on any atom is 0.123 e. The molecule has 0 aliphatic heterocycles. The minimum Gasteiger partial charge on any atom is -0.491 e. The number of benzene rings is 4. The molecule has 0 saturated carbocycles. The molecule has 1 aliphatic rings. The Balaban J connectivity index is 1.85. The van der Waals surface area contributed by atoms with Gasteiger partial charge in [0.25, 0.3) is 0 Å². The van der Waals surface area contributed by atoms with Crippen molar-refractivity contribution in [3.63, 3.8) is 0 Å². The van der Waals surface area contributed by atoms with Gasteiger partial charge in [-0.3, -0.25) is 0 Å². The number of rotatable bonds is 8. The Morgan fingerprint density at radius 1 is 0.581 bits per heavy atom. The van der Waals surface area contributed by atoms with E-state index in [1.165, 1.54) is 22.3 Å². The molecule has 0 heterocycles. The second-order valence-electron chi connectivity index (χ2n) is 14.1. The van der Waals surface area contributed by atoms with Crippen molar-refractivity contribution in [1.29, 1.82) is 0 Å². The molecule has 2 N–H and O–H groups in total. The minimum absolute atomic E-state index is 0.196. The van der Waals surface area contributed by atoms with Crippen LogP contribution in [-0.2, 0) is 16.2 Å². The highest BCUT2D eigenvalue weighted by molar-refractivity contribution is 5.86. The lowest BCUT2D eigenvalue weighted by Crippen LogP contribution is -2.30. The predicted octanol–water partition coefficient (Wildman–Crippen LogP) is 8.16. The number of hydrogen-bond acceptors (Lipinski definition) is 4. The van der Waals surface area contributed by atoms with Gasteiger partial charge in [-0.25, -0.2) is 0 Å². The monoisotopic (exact) mass is 578 g/mol. The van der Waals surface area contributed by atoms with Crippen molar-refractivity contribution >= 4 is 0 Å². The van der Waals surface area contributed by atoms with Gasteiger partial charge in [-0.15, -0.1) is 0 Å². The van der Waals surface area contributed by atoms with E-state index in [9.17, 15) is 10.2 Å². The Morgan fingerprint density at radius 3 is 1.30 bits per heavy atom. The van der Waals surface area contributed by atoms with E-state index in [2.05, 4.69) is 126 Å². The lowest BCUT2D eigenvalue weighted by Gasteiger charge is -2.37. The van der Waals surface area contributed by atoms with Gasteiger partial charge in [0.15, 0.2) is 0 Å². The fourth-order valence-electron chi connectivity index (χ4n) is 6.39. The van der Waals surface area contributed by atoms with Crippen LogP contribution in [0.25, 0.3) is 11.1 Å². The summed E-state index contributed by atoms with van der Waals surface area (Å²) in [7, 11) is 0. The Bertz CT molecular complexity index is 1480. The third kappa shape index (κ3) is 5.71. The van der Waals surface area contributed by atoms with Crippen LogP contribution < -0.4 is 9.47 Å². The molecule has 0 bridgehead atoms. The van der Waals surface area contributed by atoms with Gasteiger partial charge in [0, 0.05) is 0 Å². The number of fused-ring (bicyclic) bond motifs is 3. The van der Waals surface area contributed by atoms with Gasteiger partial charge in [-0.05, 0) is 93.5 Å². The summed E-state index contributed by atoms with van der Waals surface area (Å²) >= 11 is 0. The van der Waals surface area contributed by atoms with Crippen LogP contribution >= 0.6 is 0 Å². The van der Waals surface area contributed by atoms with Crippen molar-refractivity contribution in [3.05, 3.63) is 118 Å². The quantitative estimate of drug-likeness (QED) is 0.195. The van der Waals surface area contributed by atoms with E-state index >= 15 is 0 Å². The summed E-state index contributed by atoms with van der Waals surface area (Å²) in [6, 6.07) is 30.6. The second kappa shape index (κ2) is 11.5. The van der Waals surface area contributed by atoms with E-state index in [-0.39, 0.29) is 24.0 Å². The van der Waals surface area contributed by atoms with Crippen LogP contribution in [0, 0.1) is 0 Å². The highest BCUT2D eigenvalue weighted by Crippen LogP contribution is 2.57. The van der Waals surface area contributed by atoms with Crippen LogP contribution in [0.4, 0.5) is 0 Å². The van der Waals surface area contributed by atoms with E-state index in [1.54, 1.807) is 13.8 Å². The van der Waals surface area contributed by atoms with Crippen molar-refractivity contribution in [2.45, 2.75) is 83.8 Å². The lowest BCUT2D eigenvalue weighted by molar-refractivity contribution is 0.121. The fourth-order valence-corrected chi connectivity index (χ4v) is 6.39. The Kier molecular flexibility index (Phi) is 8.24. The SMILES string of the molecule is CC(O)COc1ccc(C2(c3ccc(OCC(C)O)c(C(C)(C)C)c3)c3ccccc3-c3ccccc32)cc1C(C)(C)C. The summed E-state index contributed by atoms with van der Waals surface area (Å²) in [5, 5.41) is 20.0. The van der Waals surface area contributed by atoms with E-state index in [0.29, 0.717) is 0 Å². The molecule has 4 aromatic carbocycles. The molecule has 4 nitrogen and oxygen atoms in total. The molecule has 0 aromatic heterocycles. The molecule has 2 atom stereocenters. The topological polar surface area (TPSA) is 58.9 Å². The molecule has 0 saturated heterocycles. The first-order chi connectivity index (χ1) is 20.2. The van der Waals surface area contributed by atoms with Crippen LogP contribution in [0.3, 0.4) is 0 Å². The Morgan fingerprint density at radius 2 is 0.953 bits per heavy atom. The summed E-state index contributed by atoms with van der Waals surface area (Å²) in [6.07, 6.45) is -1.12. The molecule has 0 spiro atoms. The first kappa shape index (κ1) is 30.8. The number of aliphatic hydroxyl groups is 2. The first-order valence-corrected chi connectivity index (χ1v) is 15.4. The van der Waals surface area contributed by atoms with Crippen LogP contribution in [-0.4, -0.2) is 35.6 Å². The van der Waals surface area contributed by atoms with Crippen molar-refractivity contribution in [2.24, 2.45) is 0 Å². The van der Waals surface area contributed by atoms with Crippen LogP contribution in [0.1, 0.15) is 88.8 Å².